The highest BCUT2D eigenvalue weighted by molar-refractivity contribution is 7.89. The zero-order chi connectivity index (χ0) is 13.8. The van der Waals surface area contributed by atoms with E-state index >= 15 is 0 Å². The van der Waals surface area contributed by atoms with Crippen LogP contribution in [0.1, 0.15) is 32.6 Å². The van der Waals surface area contributed by atoms with Crippen LogP contribution in [0.2, 0.25) is 0 Å². The minimum absolute atomic E-state index is 0. The second-order valence-electron chi connectivity index (χ2n) is 4.73. The van der Waals surface area contributed by atoms with Crippen LogP contribution in [0.25, 0.3) is 0 Å². The van der Waals surface area contributed by atoms with Crippen LogP contribution >= 0.6 is 12.4 Å². The molecule has 19 heavy (non-hydrogen) atoms. The van der Waals surface area contributed by atoms with E-state index in [4.69, 9.17) is 0 Å². The predicted molar refractivity (Wildman–Crippen MR) is 69.9 cm³/mol. The van der Waals surface area contributed by atoms with E-state index in [0.717, 1.165) is 6.54 Å². The van der Waals surface area contributed by atoms with Gasteiger partial charge in [-0.3, -0.25) is 0 Å². The predicted octanol–water partition coefficient (Wildman–Crippen LogP) is 1.81. The lowest BCUT2D eigenvalue weighted by Crippen LogP contribution is -2.47. The van der Waals surface area contributed by atoms with Gasteiger partial charge in [-0.15, -0.1) is 12.4 Å². The third-order valence-corrected chi connectivity index (χ3v) is 4.36. The van der Waals surface area contributed by atoms with Gasteiger partial charge in [-0.25, -0.2) is 13.1 Å². The van der Waals surface area contributed by atoms with Crippen LogP contribution < -0.4 is 10.0 Å². The fraction of sp³-hybridized carbons (Fsp3) is 1.00. The summed E-state index contributed by atoms with van der Waals surface area (Å²) in [6.45, 7) is 2.67. The molecule has 9 heteroatoms. The van der Waals surface area contributed by atoms with Crippen LogP contribution in [0.15, 0.2) is 0 Å². The number of nitrogens with one attached hydrogen (secondary N) is 2. The molecule has 2 N–H and O–H groups in total. The highest BCUT2D eigenvalue weighted by Crippen LogP contribution is 2.21. The third kappa shape index (κ3) is 8.67. The van der Waals surface area contributed by atoms with E-state index in [0.29, 0.717) is 12.8 Å². The molecule has 2 unspecified atom stereocenters. The van der Waals surface area contributed by atoms with E-state index < -0.39 is 28.4 Å². The first-order valence-corrected chi connectivity index (χ1v) is 7.63. The summed E-state index contributed by atoms with van der Waals surface area (Å²) >= 11 is 0. The van der Waals surface area contributed by atoms with E-state index in [9.17, 15) is 21.6 Å². The summed E-state index contributed by atoms with van der Waals surface area (Å²) in [7, 11) is -3.60. The topological polar surface area (TPSA) is 58.2 Å². The molecule has 4 nitrogen and oxygen atoms in total. The van der Waals surface area contributed by atoms with E-state index in [1.807, 2.05) is 6.92 Å². The lowest BCUT2D eigenvalue weighted by molar-refractivity contribution is -0.134. The molecule has 1 rings (SSSR count). The number of hydrogen-bond acceptors (Lipinski definition) is 3. The van der Waals surface area contributed by atoms with Crippen molar-refractivity contribution in [2.75, 3.05) is 12.3 Å². The van der Waals surface area contributed by atoms with Crippen molar-refractivity contribution in [2.24, 2.45) is 0 Å². The molecule has 0 spiro atoms. The first kappa shape index (κ1) is 18.9. The van der Waals surface area contributed by atoms with Gasteiger partial charge >= 0.3 is 6.18 Å². The number of sulfonamides is 1. The molecule has 0 aliphatic carbocycles. The van der Waals surface area contributed by atoms with Crippen LogP contribution in [0.5, 0.6) is 0 Å². The third-order valence-electron chi connectivity index (χ3n) is 2.84. The fourth-order valence-corrected chi connectivity index (χ4v) is 3.38. The molecular weight excluding hydrogens is 305 g/mol. The van der Waals surface area contributed by atoms with Gasteiger partial charge < -0.3 is 5.32 Å². The zero-order valence-corrected chi connectivity index (χ0v) is 12.3. The van der Waals surface area contributed by atoms with Crippen molar-refractivity contribution in [1.29, 1.82) is 0 Å². The number of hydrogen-bond donors (Lipinski definition) is 2. The van der Waals surface area contributed by atoms with Gasteiger partial charge in [-0.1, -0.05) is 0 Å². The number of halogens is 4. The molecule has 1 saturated heterocycles. The van der Waals surface area contributed by atoms with Crippen molar-refractivity contribution in [3.05, 3.63) is 0 Å². The fourth-order valence-electron chi connectivity index (χ4n) is 2.01. The van der Waals surface area contributed by atoms with Crippen LogP contribution in [-0.4, -0.2) is 39.0 Å². The summed E-state index contributed by atoms with van der Waals surface area (Å²) < 4.78 is 61.4. The standard InChI is InChI=1S/C10H19F3N2O2S.ClH/c1-8-7-9(3-5-14-8)15-18(16,17)6-2-4-10(11,12)13;/h8-9,14-15H,2-7H2,1H3;1H. The minimum Gasteiger partial charge on any atom is -0.314 e. The van der Waals surface area contributed by atoms with Crippen LogP contribution in [-0.2, 0) is 10.0 Å². The lowest BCUT2D eigenvalue weighted by atomic mass is 10.0. The molecule has 0 aromatic rings. The first-order chi connectivity index (χ1) is 8.18. The average Bonchev–Trinajstić information content (AvgIpc) is 2.13. The summed E-state index contributed by atoms with van der Waals surface area (Å²) in [5, 5.41) is 3.18. The summed E-state index contributed by atoms with van der Waals surface area (Å²) in [6, 6.07) is 0.0544. The monoisotopic (exact) mass is 324 g/mol. The molecule has 0 bridgehead atoms. The zero-order valence-electron chi connectivity index (χ0n) is 10.7. The normalized spacial score (nSPS) is 24.8. The van der Waals surface area contributed by atoms with Crippen LogP contribution in [0.3, 0.4) is 0 Å². The minimum atomic E-state index is -4.29. The number of rotatable bonds is 5. The Labute approximate surface area is 118 Å². The smallest absolute Gasteiger partial charge is 0.314 e. The Morgan fingerprint density at radius 2 is 2.00 bits per heavy atom. The second-order valence-corrected chi connectivity index (χ2v) is 6.61. The van der Waals surface area contributed by atoms with Crippen LogP contribution in [0.4, 0.5) is 13.2 Å². The van der Waals surface area contributed by atoms with E-state index in [1.54, 1.807) is 0 Å². The van der Waals surface area contributed by atoms with Gasteiger partial charge in [-0.05, 0) is 32.7 Å². The van der Waals surface area contributed by atoms with Crippen molar-refractivity contribution >= 4 is 22.4 Å². The molecule has 0 aromatic heterocycles. The van der Waals surface area contributed by atoms with E-state index in [2.05, 4.69) is 10.0 Å². The SMILES string of the molecule is CC1CC(NS(=O)(=O)CCCC(F)(F)F)CCN1.Cl. The summed E-state index contributed by atoms with van der Waals surface area (Å²) in [6.07, 6.45) is -4.41. The quantitative estimate of drug-likeness (QED) is 0.811. The van der Waals surface area contributed by atoms with Gasteiger partial charge in [0.15, 0.2) is 0 Å². The Kier molecular flexibility index (Phi) is 7.64. The number of alkyl halides is 3. The summed E-state index contributed by atoms with van der Waals surface area (Å²) in [4.78, 5) is 0. The molecule has 116 valence electrons. The largest absolute Gasteiger partial charge is 0.389 e. The summed E-state index contributed by atoms with van der Waals surface area (Å²) in [5.41, 5.74) is 0. The highest BCUT2D eigenvalue weighted by atomic mass is 35.5. The van der Waals surface area contributed by atoms with Gasteiger partial charge in [0.25, 0.3) is 0 Å². The van der Waals surface area contributed by atoms with Gasteiger partial charge in [0.05, 0.1) is 5.75 Å². The maximum Gasteiger partial charge on any atom is 0.389 e. The summed E-state index contributed by atoms with van der Waals surface area (Å²) in [5.74, 6) is -0.467. The number of piperidine rings is 1. The van der Waals surface area contributed by atoms with E-state index in [1.165, 1.54) is 0 Å². The Morgan fingerprint density at radius 3 is 2.53 bits per heavy atom. The van der Waals surface area contributed by atoms with E-state index in [-0.39, 0.29) is 30.9 Å². The molecular formula is C10H20ClF3N2O2S. The molecule has 1 heterocycles. The van der Waals surface area contributed by atoms with Gasteiger partial charge in [0.2, 0.25) is 10.0 Å². The van der Waals surface area contributed by atoms with Gasteiger partial charge in [-0.2, -0.15) is 13.2 Å². The molecule has 0 amide bonds. The highest BCUT2D eigenvalue weighted by Gasteiger charge is 2.28. The molecule has 2 atom stereocenters. The molecule has 0 radical (unpaired) electrons. The van der Waals surface area contributed by atoms with Crippen molar-refractivity contribution in [3.63, 3.8) is 0 Å². The van der Waals surface area contributed by atoms with Gasteiger partial charge in [0, 0.05) is 18.5 Å². The Hall–Kier alpha value is -0.0500. The van der Waals surface area contributed by atoms with Crippen molar-refractivity contribution in [2.45, 2.75) is 50.9 Å². The second kappa shape index (κ2) is 7.66. The maximum absolute atomic E-state index is 11.9. The molecule has 1 aliphatic rings. The van der Waals surface area contributed by atoms with Crippen molar-refractivity contribution in [1.82, 2.24) is 10.0 Å². The Bertz CT molecular complexity index is 362. The van der Waals surface area contributed by atoms with Crippen molar-refractivity contribution < 1.29 is 21.6 Å². The maximum atomic E-state index is 11.9. The van der Waals surface area contributed by atoms with Crippen LogP contribution in [0, 0.1) is 0 Å². The molecule has 0 saturated carbocycles. The van der Waals surface area contributed by atoms with Crippen molar-refractivity contribution in [3.8, 4) is 0 Å². The molecule has 1 fully saturated rings. The van der Waals surface area contributed by atoms with Gasteiger partial charge in [0.1, 0.15) is 0 Å². The lowest BCUT2D eigenvalue weighted by Gasteiger charge is -2.28. The Morgan fingerprint density at radius 1 is 1.37 bits per heavy atom. The Balaban J connectivity index is 0.00000324. The first-order valence-electron chi connectivity index (χ1n) is 5.98. The molecule has 1 aliphatic heterocycles. The molecule has 0 aromatic carbocycles. The average molecular weight is 325 g/mol.